The Kier molecular flexibility index (Phi) is 6.55. The molecule has 0 saturated heterocycles. The van der Waals surface area contributed by atoms with Gasteiger partial charge in [0.05, 0.1) is 12.0 Å². The molecular weight excluding hydrogens is 428 g/mol. The van der Waals surface area contributed by atoms with Crippen LogP contribution in [0.15, 0.2) is 63.1 Å². The number of nitrogens with zero attached hydrogens (tertiary/aromatic N) is 1. The lowest BCUT2D eigenvalue weighted by Gasteiger charge is -2.15. The van der Waals surface area contributed by atoms with Crippen LogP contribution in [0.25, 0.3) is 0 Å². The first-order valence-corrected chi connectivity index (χ1v) is 11.5. The molecule has 8 heteroatoms. The lowest BCUT2D eigenvalue weighted by molar-refractivity contribution is -0.116. The zero-order valence-electron chi connectivity index (χ0n) is 18.7. The summed E-state index contributed by atoms with van der Waals surface area (Å²) in [6, 6.07) is 13.0. The number of aromatic nitrogens is 1. The van der Waals surface area contributed by atoms with Crippen molar-refractivity contribution in [1.29, 1.82) is 0 Å². The van der Waals surface area contributed by atoms with Crippen molar-refractivity contribution in [2.45, 2.75) is 44.0 Å². The Morgan fingerprint density at radius 2 is 1.62 bits per heavy atom. The molecule has 1 heterocycles. The minimum absolute atomic E-state index is 0.0198. The van der Waals surface area contributed by atoms with Crippen molar-refractivity contribution in [2.75, 3.05) is 12.4 Å². The van der Waals surface area contributed by atoms with E-state index in [0.29, 0.717) is 22.7 Å². The Hall–Kier alpha value is -3.39. The maximum Gasteiger partial charge on any atom is 0.270 e. The summed E-state index contributed by atoms with van der Waals surface area (Å²) in [7, 11) is -2.61. The molecule has 0 aliphatic rings. The van der Waals surface area contributed by atoms with Gasteiger partial charge >= 0.3 is 0 Å². The highest BCUT2D eigenvalue weighted by Gasteiger charge is 2.26. The Balaban J connectivity index is 1.99. The van der Waals surface area contributed by atoms with Crippen LogP contribution in [0.3, 0.4) is 0 Å². The van der Waals surface area contributed by atoms with Crippen molar-refractivity contribution in [3.8, 4) is 5.75 Å². The molecule has 0 aliphatic heterocycles. The summed E-state index contributed by atoms with van der Waals surface area (Å²) >= 11 is 0. The van der Waals surface area contributed by atoms with Crippen LogP contribution in [0.2, 0.25) is 0 Å². The van der Waals surface area contributed by atoms with Crippen LogP contribution in [0.1, 0.15) is 22.4 Å². The maximum atomic E-state index is 13.2. The molecule has 3 aromatic rings. The summed E-state index contributed by atoms with van der Waals surface area (Å²) in [4.78, 5) is 25.5. The van der Waals surface area contributed by atoms with Gasteiger partial charge in [-0.15, -0.1) is 0 Å². The second kappa shape index (κ2) is 9.00. The van der Waals surface area contributed by atoms with Crippen molar-refractivity contribution < 1.29 is 17.9 Å². The number of hydrogen-bond acceptors (Lipinski definition) is 5. The SMILES string of the molecule is COc1ccc(S(=O)(=O)c2c(C)cc(C)n(CC(=O)Nc3ccc(C)cc3C)c2=O)cc1. The molecule has 1 aromatic heterocycles. The average Bonchev–Trinajstić information content (AvgIpc) is 2.73. The lowest BCUT2D eigenvalue weighted by Crippen LogP contribution is -2.33. The average molecular weight is 455 g/mol. The molecule has 0 atom stereocenters. The van der Waals surface area contributed by atoms with E-state index in [0.717, 1.165) is 11.1 Å². The molecule has 0 radical (unpaired) electrons. The van der Waals surface area contributed by atoms with E-state index in [2.05, 4.69) is 5.32 Å². The number of carbonyl (C=O) groups excluding carboxylic acids is 1. The molecule has 1 amide bonds. The third-order valence-corrected chi connectivity index (χ3v) is 7.17. The minimum Gasteiger partial charge on any atom is -0.497 e. The number of sulfone groups is 1. The van der Waals surface area contributed by atoms with E-state index in [1.54, 1.807) is 26.0 Å². The minimum atomic E-state index is -4.09. The fourth-order valence-electron chi connectivity index (χ4n) is 3.59. The first kappa shape index (κ1) is 23.3. The van der Waals surface area contributed by atoms with Gasteiger partial charge in [0.1, 0.15) is 17.2 Å². The van der Waals surface area contributed by atoms with Crippen molar-refractivity contribution in [3.63, 3.8) is 0 Å². The van der Waals surface area contributed by atoms with Gasteiger partial charge in [-0.05, 0) is 75.2 Å². The highest BCUT2D eigenvalue weighted by molar-refractivity contribution is 7.91. The first-order chi connectivity index (χ1) is 15.0. The van der Waals surface area contributed by atoms with Gasteiger partial charge in [-0.3, -0.25) is 9.59 Å². The van der Waals surface area contributed by atoms with Gasteiger partial charge in [-0.25, -0.2) is 8.42 Å². The van der Waals surface area contributed by atoms with E-state index in [9.17, 15) is 18.0 Å². The van der Waals surface area contributed by atoms with Gasteiger partial charge in [0.25, 0.3) is 5.56 Å². The number of methoxy groups -OCH3 is 1. The smallest absolute Gasteiger partial charge is 0.270 e. The predicted octanol–water partition coefficient (Wildman–Crippen LogP) is 3.56. The zero-order valence-corrected chi connectivity index (χ0v) is 19.5. The van der Waals surface area contributed by atoms with Gasteiger partial charge < -0.3 is 14.6 Å². The first-order valence-electron chi connectivity index (χ1n) is 10.0. The third-order valence-electron chi connectivity index (χ3n) is 5.24. The highest BCUT2D eigenvalue weighted by atomic mass is 32.2. The van der Waals surface area contributed by atoms with Crippen molar-refractivity contribution in [2.24, 2.45) is 0 Å². The van der Waals surface area contributed by atoms with Crippen molar-refractivity contribution >= 4 is 21.4 Å². The molecule has 0 fully saturated rings. The monoisotopic (exact) mass is 454 g/mol. The van der Waals surface area contributed by atoms with Crippen LogP contribution in [-0.2, 0) is 21.2 Å². The molecule has 2 aromatic carbocycles. The Labute approximate surface area is 187 Å². The molecule has 168 valence electrons. The number of amides is 1. The van der Waals surface area contributed by atoms with Crippen LogP contribution in [-0.4, -0.2) is 26.0 Å². The standard InChI is InChI=1S/C24H26N2O5S/c1-15-6-11-21(16(2)12-15)25-22(27)14-26-18(4)13-17(3)23(24(26)28)32(29,30)20-9-7-19(31-5)8-10-20/h6-13H,14H2,1-5H3,(H,25,27). The summed E-state index contributed by atoms with van der Waals surface area (Å²) in [5.74, 6) is 0.0869. The quantitative estimate of drug-likeness (QED) is 0.615. The van der Waals surface area contributed by atoms with Gasteiger partial charge in [-0.2, -0.15) is 0 Å². The molecule has 1 N–H and O–H groups in total. The number of aryl methyl sites for hydroxylation is 4. The molecule has 0 saturated carbocycles. The van der Waals surface area contributed by atoms with Crippen molar-refractivity contribution in [1.82, 2.24) is 4.57 Å². The summed E-state index contributed by atoms with van der Waals surface area (Å²) in [5.41, 5.74) is 2.71. The summed E-state index contributed by atoms with van der Waals surface area (Å²) in [6.45, 7) is 6.78. The van der Waals surface area contributed by atoms with E-state index in [1.165, 1.54) is 35.9 Å². The van der Waals surface area contributed by atoms with Crippen LogP contribution in [0, 0.1) is 27.7 Å². The fourth-order valence-corrected chi connectivity index (χ4v) is 5.14. The molecular formula is C24H26N2O5S. The molecule has 3 rings (SSSR count). The molecule has 7 nitrogen and oxygen atoms in total. The number of rotatable bonds is 6. The Morgan fingerprint density at radius 3 is 2.22 bits per heavy atom. The van der Waals surface area contributed by atoms with Gasteiger partial charge in [-0.1, -0.05) is 17.7 Å². The molecule has 0 unspecified atom stereocenters. The second-order valence-corrected chi connectivity index (χ2v) is 9.62. The van der Waals surface area contributed by atoms with Crippen LogP contribution < -0.4 is 15.6 Å². The number of ether oxygens (including phenoxy) is 1. The molecule has 0 bridgehead atoms. The van der Waals surface area contributed by atoms with E-state index < -0.39 is 21.3 Å². The van der Waals surface area contributed by atoms with Gasteiger partial charge in [0.2, 0.25) is 15.7 Å². The number of hydrogen-bond donors (Lipinski definition) is 1. The number of pyridine rings is 1. The largest absolute Gasteiger partial charge is 0.497 e. The number of nitrogens with one attached hydrogen (secondary N) is 1. The van der Waals surface area contributed by atoms with Gasteiger partial charge in [0.15, 0.2) is 0 Å². The highest BCUT2D eigenvalue weighted by Crippen LogP contribution is 2.24. The molecule has 0 aliphatic carbocycles. The Morgan fingerprint density at radius 1 is 0.969 bits per heavy atom. The fraction of sp³-hybridized carbons (Fsp3) is 0.250. The van der Waals surface area contributed by atoms with E-state index in [-0.39, 0.29) is 16.3 Å². The van der Waals surface area contributed by atoms with E-state index in [1.807, 2.05) is 26.0 Å². The summed E-state index contributed by atoms with van der Waals surface area (Å²) in [5, 5.41) is 2.80. The lowest BCUT2D eigenvalue weighted by atomic mass is 10.1. The number of benzene rings is 2. The summed E-state index contributed by atoms with van der Waals surface area (Å²) < 4.78 is 32.7. The van der Waals surface area contributed by atoms with Crippen LogP contribution in [0.5, 0.6) is 5.75 Å². The second-order valence-electron chi connectivity index (χ2n) is 7.73. The number of carbonyl (C=O) groups is 1. The topological polar surface area (TPSA) is 94.5 Å². The normalized spacial score (nSPS) is 11.3. The molecule has 32 heavy (non-hydrogen) atoms. The van der Waals surface area contributed by atoms with Crippen LogP contribution in [0.4, 0.5) is 5.69 Å². The number of anilines is 1. The van der Waals surface area contributed by atoms with Crippen LogP contribution >= 0.6 is 0 Å². The summed E-state index contributed by atoms with van der Waals surface area (Å²) in [6.07, 6.45) is 0. The maximum absolute atomic E-state index is 13.2. The third kappa shape index (κ3) is 4.60. The van der Waals surface area contributed by atoms with E-state index >= 15 is 0 Å². The zero-order chi connectivity index (χ0) is 23.6. The molecule has 0 spiro atoms. The Bertz CT molecular complexity index is 1340. The van der Waals surface area contributed by atoms with Crippen molar-refractivity contribution in [3.05, 3.63) is 81.3 Å². The van der Waals surface area contributed by atoms with Gasteiger partial charge in [0, 0.05) is 11.4 Å². The van der Waals surface area contributed by atoms with E-state index in [4.69, 9.17) is 4.74 Å². The predicted molar refractivity (Wildman–Crippen MR) is 123 cm³/mol.